The molecule has 0 aliphatic rings. The molecule has 0 aliphatic heterocycles. The summed E-state index contributed by atoms with van der Waals surface area (Å²) < 4.78 is 0. The van der Waals surface area contributed by atoms with E-state index in [1.54, 1.807) is 14.1 Å². The van der Waals surface area contributed by atoms with Crippen LogP contribution in [0.25, 0.3) is 0 Å². The first-order valence-electron chi connectivity index (χ1n) is 21.0. The van der Waals surface area contributed by atoms with Gasteiger partial charge in [0.05, 0.1) is 0 Å². The third-order valence-corrected chi connectivity index (χ3v) is 9.57. The van der Waals surface area contributed by atoms with E-state index in [4.69, 9.17) is 0 Å². The molecule has 0 aromatic carbocycles. The molecular weight excluding hydrogens is 564 g/mol. The average Bonchev–Trinajstić information content (AvgIpc) is 3.07. The minimum atomic E-state index is 0.185. The van der Waals surface area contributed by atoms with E-state index in [2.05, 4.69) is 24.5 Å². The molecule has 0 saturated heterocycles. The van der Waals surface area contributed by atoms with E-state index in [9.17, 15) is 9.59 Å². The molecule has 0 atom stereocenters. The van der Waals surface area contributed by atoms with Gasteiger partial charge in [0.2, 0.25) is 11.8 Å². The topological polar surface area (TPSA) is 58.2 Å². The number of hydrogen-bond donors (Lipinski definition) is 2. The third-order valence-electron chi connectivity index (χ3n) is 9.57. The van der Waals surface area contributed by atoms with Crippen LogP contribution < -0.4 is 10.6 Å². The summed E-state index contributed by atoms with van der Waals surface area (Å²) >= 11 is 0. The zero-order chi connectivity index (χ0) is 34.0. The molecule has 0 radical (unpaired) electrons. The molecule has 0 saturated carbocycles. The Morgan fingerprint density at radius 1 is 0.283 bits per heavy atom. The highest BCUT2D eigenvalue weighted by atomic mass is 16.2. The van der Waals surface area contributed by atoms with E-state index in [1.807, 2.05) is 0 Å². The molecular formula is C42H86N2O2. The van der Waals surface area contributed by atoms with Crippen molar-refractivity contribution in [2.45, 2.75) is 245 Å². The summed E-state index contributed by atoms with van der Waals surface area (Å²) in [5.41, 5.74) is 0. The summed E-state index contributed by atoms with van der Waals surface area (Å²) in [4.78, 5) is 22.1. The number of unbranched alkanes of at least 4 members (excludes halogenated alkanes) is 32. The second kappa shape index (κ2) is 43.9. The molecule has 0 aliphatic carbocycles. The van der Waals surface area contributed by atoms with Crippen molar-refractivity contribution >= 4 is 11.8 Å². The lowest BCUT2D eigenvalue weighted by Crippen LogP contribution is -2.16. The van der Waals surface area contributed by atoms with E-state index in [-0.39, 0.29) is 11.8 Å². The Morgan fingerprint density at radius 2 is 0.435 bits per heavy atom. The number of amides is 2. The summed E-state index contributed by atoms with van der Waals surface area (Å²) in [6.07, 6.45) is 48.5. The SMILES string of the molecule is CCCCCCCCCCCCCCCCCC(=O)NC.CCCCCCCCCCCCCCCCCCCCCC(=O)NC. The van der Waals surface area contributed by atoms with E-state index in [1.165, 1.54) is 205 Å². The zero-order valence-electron chi connectivity index (χ0n) is 32.3. The van der Waals surface area contributed by atoms with Crippen molar-refractivity contribution < 1.29 is 9.59 Å². The Labute approximate surface area is 290 Å². The van der Waals surface area contributed by atoms with Gasteiger partial charge in [-0.25, -0.2) is 0 Å². The summed E-state index contributed by atoms with van der Waals surface area (Å²) in [6.45, 7) is 4.57. The number of nitrogens with one attached hydrogen (secondary N) is 2. The normalized spacial score (nSPS) is 10.9. The number of hydrogen-bond acceptors (Lipinski definition) is 2. The monoisotopic (exact) mass is 651 g/mol. The molecule has 276 valence electrons. The molecule has 0 rings (SSSR count). The van der Waals surface area contributed by atoms with E-state index in [0.717, 1.165) is 12.8 Å². The molecule has 0 aromatic heterocycles. The van der Waals surface area contributed by atoms with Crippen LogP contribution in [0.3, 0.4) is 0 Å². The van der Waals surface area contributed by atoms with Crippen LogP contribution in [0, 0.1) is 0 Å². The van der Waals surface area contributed by atoms with Gasteiger partial charge in [-0.05, 0) is 12.8 Å². The zero-order valence-corrected chi connectivity index (χ0v) is 32.3. The summed E-state index contributed by atoms with van der Waals surface area (Å²) in [6, 6.07) is 0. The van der Waals surface area contributed by atoms with Crippen LogP contribution in [-0.4, -0.2) is 25.9 Å². The van der Waals surface area contributed by atoms with Gasteiger partial charge in [0.15, 0.2) is 0 Å². The van der Waals surface area contributed by atoms with Gasteiger partial charge in [-0.15, -0.1) is 0 Å². The molecule has 0 unspecified atom stereocenters. The predicted molar refractivity (Wildman–Crippen MR) is 206 cm³/mol. The quantitative estimate of drug-likeness (QED) is 0.0663. The van der Waals surface area contributed by atoms with E-state index >= 15 is 0 Å². The first kappa shape index (κ1) is 47.1. The average molecular weight is 651 g/mol. The summed E-state index contributed by atoms with van der Waals surface area (Å²) in [5, 5.41) is 5.36. The van der Waals surface area contributed by atoms with Crippen LogP contribution in [0.2, 0.25) is 0 Å². The van der Waals surface area contributed by atoms with Crippen molar-refractivity contribution in [3.63, 3.8) is 0 Å². The van der Waals surface area contributed by atoms with Crippen LogP contribution >= 0.6 is 0 Å². The molecule has 46 heavy (non-hydrogen) atoms. The maximum Gasteiger partial charge on any atom is 0.219 e. The second-order valence-electron chi connectivity index (χ2n) is 14.2. The number of carbonyl (C=O) groups is 2. The first-order valence-corrected chi connectivity index (χ1v) is 21.0. The highest BCUT2D eigenvalue weighted by Crippen LogP contribution is 2.16. The molecule has 2 amide bonds. The van der Waals surface area contributed by atoms with Crippen molar-refractivity contribution in [2.75, 3.05) is 14.1 Å². The maximum absolute atomic E-state index is 11.1. The molecule has 0 bridgehead atoms. The fourth-order valence-electron chi connectivity index (χ4n) is 6.27. The lowest BCUT2D eigenvalue weighted by molar-refractivity contribution is -0.121. The molecule has 0 spiro atoms. The van der Waals surface area contributed by atoms with Crippen LogP contribution in [0.4, 0.5) is 0 Å². The molecule has 0 fully saturated rings. The summed E-state index contributed by atoms with van der Waals surface area (Å²) in [7, 11) is 3.44. The lowest BCUT2D eigenvalue weighted by atomic mass is 10.0. The molecule has 4 nitrogen and oxygen atoms in total. The Kier molecular flexibility index (Phi) is 45.0. The molecule has 0 heterocycles. The summed E-state index contributed by atoms with van der Waals surface area (Å²) in [5.74, 6) is 0.372. The standard InChI is InChI=1S/C23H47NO.C19H39NO/c1-3-4-5-6-7-8-9-10-11-12-13-14-15-16-17-18-19-20-21-22-23(25)24-2;1-3-4-5-6-7-8-9-10-11-12-13-14-15-16-17-18-19(21)20-2/h3-22H2,1-2H3,(H,24,25);3-18H2,1-2H3,(H,20,21). The molecule has 2 N–H and O–H groups in total. The van der Waals surface area contributed by atoms with Crippen LogP contribution in [0.15, 0.2) is 0 Å². The molecule has 4 heteroatoms. The van der Waals surface area contributed by atoms with Crippen molar-refractivity contribution in [1.29, 1.82) is 0 Å². The van der Waals surface area contributed by atoms with Gasteiger partial charge >= 0.3 is 0 Å². The first-order chi connectivity index (χ1) is 22.6. The Morgan fingerprint density at radius 3 is 0.587 bits per heavy atom. The minimum Gasteiger partial charge on any atom is -0.359 e. The van der Waals surface area contributed by atoms with Gasteiger partial charge < -0.3 is 10.6 Å². The predicted octanol–water partition coefficient (Wildman–Crippen LogP) is 13.5. The highest BCUT2D eigenvalue weighted by molar-refractivity contribution is 5.75. The Bertz CT molecular complexity index is 580. The van der Waals surface area contributed by atoms with Gasteiger partial charge in [-0.1, -0.05) is 219 Å². The van der Waals surface area contributed by atoms with Gasteiger partial charge in [0.1, 0.15) is 0 Å². The lowest BCUT2D eigenvalue weighted by Gasteiger charge is -2.04. The van der Waals surface area contributed by atoms with Crippen molar-refractivity contribution in [2.24, 2.45) is 0 Å². The second-order valence-corrected chi connectivity index (χ2v) is 14.2. The van der Waals surface area contributed by atoms with Crippen LogP contribution in [0.1, 0.15) is 245 Å². The largest absolute Gasteiger partial charge is 0.359 e. The fraction of sp³-hybridized carbons (Fsp3) is 0.952. The van der Waals surface area contributed by atoms with Crippen molar-refractivity contribution in [3.05, 3.63) is 0 Å². The van der Waals surface area contributed by atoms with Gasteiger partial charge in [-0.3, -0.25) is 9.59 Å². The smallest absolute Gasteiger partial charge is 0.219 e. The number of rotatable bonds is 36. The van der Waals surface area contributed by atoms with E-state index in [0.29, 0.717) is 12.8 Å². The van der Waals surface area contributed by atoms with Gasteiger partial charge in [-0.2, -0.15) is 0 Å². The van der Waals surface area contributed by atoms with Gasteiger partial charge in [0, 0.05) is 26.9 Å². The van der Waals surface area contributed by atoms with Crippen LogP contribution in [0.5, 0.6) is 0 Å². The van der Waals surface area contributed by atoms with E-state index < -0.39 is 0 Å². The minimum absolute atomic E-state index is 0.185. The maximum atomic E-state index is 11.1. The molecule has 0 aromatic rings. The van der Waals surface area contributed by atoms with Crippen molar-refractivity contribution in [1.82, 2.24) is 10.6 Å². The van der Waals surface area contributed by atoms with Gasteiger partial charge in [0.25, 0.3) is 0 Å². The Balaban J connectivity index is 0. The Hall–Kier alpha value is -1.06. The van der Waals surface area contributed by atoms with Crippen LogP contribution in [-0.2, 0) is 9.59 Å². The van der Waals surface area contributed by atoms with Crippen molar-refractivity contribution in [3.8, 4) is 0 Å². The third kappa shape index (κ3) is 45.1. The fourth-order valence-corrected chi connectivity index (χ4v) is 6.27. The number of carbonyl (C=O) groups excluding carboxylic acids is 2. The highest BCUT2D eigenvalue weighted by Gasteiger charge is 1.99.